The Morgan fingerprint density at radius 2 is 1.73 bits per heavy atom. The molecule has 0 spiro atoms. The van der Waals surface area contributed by atoms with E-state index < -0.39 is 0 Å². The summed E-state index contributed by atoms with van der Waals surface area (Å²) in [6.45, 7) is 8.59. The molecule has 2 rings (SSSR count). The third kappa shape index (κ3) is 1.63. The fourth-order valence-electron chi connectivity index (χ4n) is 2.15. The topological polar surface area (TPSA) is 6.48 Å². The molecule has 0 aromatic heterocycles. The highest BCUT2D eigenvalue weighted by atomic mass is 79.9. The molecule has 0 saturated carbocycles. The normalized spacial score (nSPS) is 19.6. The molecule has 1 heterocycles. The highest BCUT2D eigenvalue weighted by molar-refractivity contribution is 9.09. The van der Waals surface area contributed by atoms with E-state index in [4.69, 9.17) is 0 Å². The van der Waals surface area contributed by atoms with Gasteiger partial charge >= 0.3 is 0 Å². The second kappa shape index (κ2) is 4.05. The van der Waals surface area contributed by atoms with Crippen LogP contribution in [0.15, 0.2) is 18.2 Å². The lowest BCUT2D eigenvalue weighted by Crippen LogP contribution is -2.38. The predicted octanol–water partition coefficient (Wildman–Crippen LogP) is 3.34. The minimum atomic E-state index is 0.310. The number of benzene rings is 1. The maximum absolute atomic E-state index is 3.75. The van der Waals surface area contributed by atoms with E-state index in [1.165, 1.54) is 16.9 Å². The van der Waals surface area contributed by atoms with E-state index in [2.05, 4.69) is 64.7 Å². The highest BCUT2D eigenvalue weighted by Crippen LogP contribution is 2.41. The first-order valence-corrected chi connectivity index (χ1v) is 6.38. The van der Waals surface area contributed by atoms with Crippen molar-refractivity contribution in [3.8, 4) is 0 Å². The van der Waals surface area contributed by atoms with E-state index in [0.717, 1.165) is 13.1 Å². The van der Waals surface area contributed by atoms with E-state index in [-0.39, 0.29) is 0 Å². The predicted molar refractivity (Wildman–Crippen MR) is 69.9 cm³/mol. The fourth-order valence-corrected chi connectivity index (χ4v) is 3.17. The minimum Gasteiger partial charge on any atom is -0.341 e. The van der Waals surface area contributed by atoms with Crippen molar-refractivity contribution >= 4 is 27.3 Å². The lowest BCUT2D eigenvalue weighted by atomic mass is 10.2. The van der Waals surface area contributed by atoms with Gasteiger partial charge in [0.2, 0.25) is 0 Å². The molecule has 1 unspecified atom stereocenters. The first-order valence-electron chi connectivity index (χ1n) is 5.47. The number of anilines is 2. The van der Waals surface area contributed by atoms with Crippen LogP contribution in [0.5, 0.6) is 0 Å². The number of hydrogen-bond donors (Lipinski definition) is 0. The smallest absolute Gasteiger partial charge is 0.159 e. The largest absolute Gasteiger partial charge is 0.341 e. The van der Waals surface area contributed by atoms with Crippen molar-refractivity contribution in [2.75, 3.05) is 22.9 Å². The second-order valence-corrected chi connectivity index (χ2v) is 4.69. The van der Waals surface area contributed by atoms with Gasteiger partial charge in [-0.3, -0.25) is 0 Å². The second-order valence-electron chi connectivity index (χ2n) is 3.87. The maximum Gasteiger partial charge on any atom is 0.159 e. The van der Waals surface area contributed by atoms with Gasteiger partial charge in [0.1, 0.15) is 0 Å². The van der Waals surface area contributed by atoms with Crippen molar-refractivity contribution in [2.24, 2.45) is 0 Å². The van der Waals surface area contributed by atoms with Crippen LogP contribution in [0.2, 0.25) is 0 Å². The molecule has 0 saturated heterocycles. The standard InChI is InChI=1S/C12H17BrN2/c1-4-14-10-7-6-9(3)8-11(10)15(5-2)12(14)13/h6-8,12H,4-5H2,1-3H3. The van der Waals surface area contributed by atoms with Gasteiger partial charge in [-0.25, -0.2) is 0 Å². The highest BCUT2D eigenvalue weighted by Gasteiger charge is 2.31. The third-order valence-corrected chi connectivity index (χ3v) is 3.93. The number of nitrogens with zero attached hydrogens (tertiary/aromatic N) is 2. The Morgan fingerprint density at radius 3 is 2.33 bits per heavy atom. The molecule has 82 valence electrons. The molecule has 1 aromatic carbocycles. The minimum absolute atomic E-state index is 0.310. The van der Waals surface area contributed by atoms with Crippen molar-refractivity contribution in [2.45, 2.75) is 25.8 Å². The van der Waals surface area contributed by atoms with Crippen LogP contribution in [0.4, 0.5) is 11.4 Å². The summed E-state index contributed by atoms with van der Waals surface area (Å²) in [4.78, 5) is 4.75. The number of aryl methyl sites for hydroxylation is 1. The van der Waals surface area contributed by atoms with E-state index in [9.17, 15) is 0 Å². The van der Waals surface area contributed by atoms with Gasteiger partial charge in [0.25, 0.3) is 0 Å². The van der Waals surface area contributed by atoms with Gasteiger partial charge in [-0.15, -0.1) is 0 Å². The van der Waals surface area contributed by atoms with Crippen LogP contribution >= 0.6 is 15.9 Å². The molecule has 15 heavy (non-hydrogen) atoms. The zero-order chi connectivity index (χ0) is 11.0. The lowest BCUT2D eigenvalue weighted by Gasteiger charge is -2.26. The van der Waals surface area contributed by atoms with Crippen molar-refractivity contribution < 1.29 is 0 Å². The zero-order valence-corrected chi connectivity index (χ0v) is 11.1. The summed E-state index contributed by atoms with van der Waals surface area (Å²) in [6.07, 6.45) is 0. The summed E-state index contributed by atoms with van der Waals surface area (Å²) in [6, 6.07) is 6.67. The molecule has 0 fully saturated rings. The molecule has 0 amide bonds. The SMILES string of the molecule is CCN1c2ccc(C)cc2N(CC)C1Br. The maximum atomic E-state index is 3.75. The van der Waals surface area contributed by atoms with Crippen LogP contribution < -0.4 is 9.80 Å². The molecule has 0 aliphatic carbocycles. The molecule has 0 N–H and O–H groups in total. The summed E-state index contributed by atoms with van der Waals surface area (Å²) in [7, 11) is 0. The average molecular weight is 269 g/mol. The van der Waals surface area contributed by atoms with Crippen LogP contribution in [-0.2, 0) is 0 Å². The molecular weight excluding hydrogens is 252 g/mol. The van der Waals surface area contributed by atoms with Crippen molar-refractivity contribution in [1.82, 2.24) is 0 Å². The van der Waals surface area contributed by atoms with E-state index >= 15 is 0 Å². The average Bonchev–Trinajstić information content (AvgIpc) is 2.48. The summed E-state index contributed by atoms with van der Waals surface area (Å²) in [5.74, 6) is 0. The Kier molecular flexibility index (Phi) is 2.91. The van der Waals surface area contributed by atoms with E-state index in [0.29, 0.717) is 5.08 Å². The summed E-state index contributed by atoms with van der Waals surface area (Å²) in [5.41, 5.74) is 4.01. The van der Waals surface area contributed by atoms with E-state index in [1.807, 2.05) is 0 Å². The Labute approximate surface area is 100 Å². The van der Waals surface area contributed by atoms with Crippen LogP contribution in [-0.4, -0.2) is 18.2 Å². The summed E-state index contributed by atoms with van der Waals surface area (Å²) in [5, 5.41) is 0.310. The van der Waals surface area contributed by atoms with Crippen molar-refractivity contribution in [3.63, 3.8) is 0 Å². The summed E-state index contributed by atoms with van der Waals surface area (Å²) < 4.78 is 0. The zero-order valence-electron chi connectivity index (χ0n) is 9.50. The van der Waals surface area contributed by atoms with Crippen LogP contribution in [0.25, 0.3) is 0 Å². The van der Waals surface area contributed by atoms with Gasteiger partial charge < -0.3 is 9.80 Å². The lowest BCUT2D eigenvalue weighted by molar-refractivity contribution is 0.766. The monoisotopic (exact) mass is 268 g/mol. The van der Waals surface area contributed by atoms with Gasteiger partial charge in [-0.2, -0.15) is 0 Å². The Bertz CT molecular complexity index is 365. The Balaban J connectivity index is 2.48. The molecule has 0 radical (unpaired) electrons. The first kappa shape index (κ1) is 10.8. The number of halogens is 1. The number of rotatable bonds is 2. The number of hydrogen-bond acceptors (Lipinski definition) is 2. The van der Waals surface area contributed by atoms with Gasteiger partial charge in [0, 0.05) is 13.1 Å². The van der Waals surface area contributed by atoms with Crippen LogP contribution in [0, 0.1) is 6.92 Å². The van der Waals surface area contributed by atoms with E-state index in [1.54, 1.807) is 0 Å². The molecular formula is C12H17BrN2. The summed E-state index contributed by atoms with van der Waals surface area (Å²) >= 11 is 3.75. The van der Waals surface area contributed by atoms with Crippen molar-refractivity contribution in [1.29, 1.82) is 0 Å². The quantitative estimate of drug-likeness (QED) is 0.600. The third-order valence-electron chi connectivity index (χ3n) is 2.95. The molecule has 1 atom stereocenters. The Morgan fingerprint density at radius 1 is 1.13 bits per heavy atom. The van der Waals surface area contributed by atoms with Gasteiger partial charge in [-0.1, -0.05) is 6.07 Å². The van der Waals surface area contributed by atoms with Gasteiger partial charge in [-0.05, 0) is 54.4 Å². The molecule has 1 aliphatic rings. The first-order chi connectivity index (χ1) is 7.19. The molecule has 3 heteroatoms. The molecule has 1 aromatic rings. The molecule has 1 aliphatic heterocycles. The molecule has 0 bridgehead atoms. The van der Waals surface area contributed by atoms with Gasteiger partial charge in [0.05, 0.1) is 11.4 Å². The molecule has 2 nitrogen and oxygen atoms in total. The Hall–Kier alpha value is -0.700. The number of alkyl halides is 1. The number of fused-ring (bicyclic) bond motifs is 1. The van der Waals surface area contributed by atoms with Crippen molar-refractivity contribution in [3.05, 3.63) is 23.8 Å². The van der Waals surface area contributed by atoms with Crippen LogP contribution in [0.1, 0.15) is 19.4 Å². The van der Waals surface area contributed by atoms with Gasteiger partial charge in [0.15, 0.2) is 5.08 Å². The van der Waals surface area contributed by atoms with Crippen LogP contribution in [0.3, 0.4) is 0 Å². The fraction of sp³-hybridized carbons (Fsp3) is 0.500.